The summed E-state index contributed by atoms with van der Waals surface area (Å²) in [6, 6.07) is 3.98. The number of hydrogen-bond acceptors (Lipinski definition) is 7. The molecule has 4 heterocycles. The van der Waals surface area contributed by atoms with Gasteiger partial charge in [-0.2, -0.15) is 0 Å². The zero-order chi connectivity index (χ0) is 19.7. The molecule has 0 amide bonds. The van der Waals surface area contributed by atoms with E-state index >= 15 is 0 Å². The predicted molar refractivity (Wildman–Crippen MR) is 112 cm³/mol. The number of nitrogens with one attached hydrogen (secondary N) is 1. The summed E-state index contributed by atoms with van der Waals surface area (Å²) < 4.78 is 0. The quantitative estimate of drug-likeness (QED) is 0.730. The van der Waals surface area contributed by atoms with Crippen molar-refractivity contribution in [2.24, 2.45) is 0 Å². The van der Waals surface area contributed by atoms with Crippen molar-refractivity contribution in [3.8, 4) is 11.4 Å². The van der Waals surface area contributed by atoms with E-state index in [2.05, 4.69) is 35.1 Å². The topological polar surface area (TPSA) is 78.0 Å². The van der Waals surface area contributed by atoms with E-state index in [1.807, 2.05) is 26.0 Å². The SMILES string of the molecule is Cc1nc(CN2CCN(c3ccc(-c4nc(C)c(C)c(=O)[nH]4)cn3)CC2)cs1. The average molecular weight is 397 g/mol. The van der Waals surface area contributed by atoms with Crippen molar-refractivity contribution in [3.63, 3.8) is 0 Å². The number of anilines is 1. The summed E-state index contributed by atoms with van der Waals surface area (Å²) in [6.07, 6.45) is 1.78. The highest BCUT2D eigenvalue weighted by molar-refractivity contribution is 7.09. The molecule has 1 N–H and O–H groups in total. The number of H-pyrrole nitrogens is 1. The van der Waals surface area contributed by atoms with Crippen molar-refractivity contribution in [2.75, 3.05) is 31.1 Å². The Morgan fingerprint density at radius 3 is 2.50 bits per heavy atom. The van der Waals surface area contributed by atoms with Crippen LogP contribution in [0.1, 0.15) is 22.0 Å². The minimum Gasteiger partial charge on any atom is -0.354 e. The van der Waals surface area contributed by atoms with E-state index in [9.17, 15) is 4.79 Å². The number of thiazole rings is 1. The zero-order valence-electron chi connectivity index (χ0n) is 16.4. The lowest BCUT2D eigenvalue weighted by atomic mass is 10.2. The van der Waals surface area contributed by atoms with Gasteiger partial charge in [-0.15, -0.1) is 11.3 Å². The van der Waals surface area contributed by atoms with Crippen LogP contribution in [-0.2, 0) is 6.54 Å². The third-order valence-corrected chi connectivity index (χ3v) is 5.99. The summed E-state index contributed by atoms with van der Waals surface area (Å²) in [5.41, 5.74) is 3.28. The second-order valence-corrected chi connectivity index (χ2v) is 8.21. The second-order valence-electron chi connectivity index (χ2n) is 7.15. The molecule has 0 aromatic carbocycles. The highest BCUT2D eigenvalue weighted by Gasteiger charge is 2.19. The molecule has 1 saturated heterocycles. The summed E-state index contributed by atoms with van der Waals surface area (Å²) in [5.74, 6) is 1.52. The van der Waals surface area contributed by atoms with Gasteiger partial charge in [0.1, 0.15) is 11.6 Å². The monoisotopic (exact) mass is 396 g/mol. The zero-order valence-corrected chi connectivity index (χ0v) is 17.2. The summed E-state index contributed by atoms with van der Waals surface area (Å²) in [4.78, 5) is 33.2. The summed E-state index contributed by atoms with van der Waals surface area (Å²) in [5, 5.41) is 3.27. The van der Waals surface area contributed by atoms with Crippen LogP contribution in [0, 0.1) is 20.8 Å². The van der Waals surface area contributed by atoms with E-state index in [0.717, 1.165) is 60.5 Å². The molecule has 0 spiro atoms. The first-order chi connectivity index (χ1) is 13.5. The number of rotatable bonds is 4. The van der Waals surface area contributed by atoms with Crippen LogP contribution >= 0.6 is 11.3 Å². The summed E-state index contributed by atoms with van der Waals surface area (Å²) in [7, 11) is 0. The maximum atomic E-state index is 12.0. The lowest BCUT2D eigenvalue weighted by Gasteiger charge is -2.35. The standard InChI is InChI=1S/C20H24N6OS/c1-13-14(2)22-19(24-20(13)27)16-4-5-18(21-10-16)26-8-6-25(7-9-26)11-17-12-28-15(3)23-17/h4-5,10,12H,6-9,11H2,1-3H3,(H,22,24,27). The number of aryl methyl sites for hydroxylation is 2. The fraction of sp³-hybridized carbons (Fsp3) is 0.400. The van der Waals surface area contributed by atoms with Crippen LogP contribution in [0.3, 0.4) is 0 Å². The van der Waals surface area contributed by atoms with Crippen LogP contribution in [0.2, 0.25) is 0 Å². The summed E-state index contributed by atoms with van der Waals surface area (Å²) >= 11 is 1.71. The highest BCUT2D eigenvalue weighted by Crippen LogP contribution is 2.20. The third kappa shape index (κ3) is 3.98. The largest absolute Gasteiger partial charge is 0.354 e. The Morgan fingerprint density at radius 1 is 1.11 bits per heavy atom. The van der Waals surface area contributed by atoms with Gasteiger partial charge in [-0.1, -0.05) is 0 Å². The van der Waals surface area contributed by atoms with E-state index in [0.29, 0.717) is 11.4 Å². The first kappa shape index (κ1) is 18.8. The minimum absolute atomic E-state index is 0.0991. The van der Waals surface area contributed by atoms with Crippen LogP contribution in [0.15, 0.2) is 28.5 Å². The molecule has 28 heavy (non-hydrogen) atoms. The molecule has 3 aromatic rings. The van der Waals surface area contributed by atoms with E-state index in [-0.39, 0.29) is 5.56 Å². The van der Waals surface area contributed by atoms with Gasteiger partial charge in [0.15, 0.2) is 0 Å². The molecule has 0 unspecified atom stereocenters. The highest BCUT2D eigenvalue weighted by atomic mass is 32.1. The molecule has 1 fully saturated rings. The molecule has 1 aliphatic rings. The van der Waals surface area contributed by atoms with Crippen LogP contribution in [0.25, 0.3) is 11.4 Å². The lowest BCUT2D eigenvalue weighted by Crippen LogP contribution is -2.46. The molecular weight excluding hydrogens is 372 g/mol. The van der Waals surface area contributed by atoms with Gasteiger partial charge in [-0.05, 0) is 32.9 Å². The predicted octanol–water partition coefficient (Wildman–Crippen LogP) is 2.54. The maximum absolute atomic E-state index is 12.0. The Hall–Kier alpha value is -2.58. The lowest BCUT2D eigenvalue weighted by molar-refractivity contribution is 0.247. The van der Waals surface area contributed by atoms with Crippen molar-refractivity contribution in [1.82, 2.24) is 24.8 Å². The van der Waals surface area contributed by atoms with E-state index < -0.39 is 0 Å². The van der Waals surface area contributed by atoms with Gasteiger partial charge in [0.05, 0.1) is 10.7 Å². The number of hydrogen-bond donors (Lipinski definition) is 1. The van der Waals surface area contributed by atoms with E-state index in [4.69, 9.17) is 0 Å². The molecule has 0 atom stereocenters. The number of aromatic amines is 1. The van der Waals surface area contributed by atoms with Gasteiger partial charge in [0.25, 0.3) is 5.56 Å². The smallest absolute Gasteiger partial charge is 0.254 e. The van der Waals surface area contributed by atoms with Gasteiger partial charge in [0, 0.05) is 61.1 Å². The number of aromatic nitrogens is 4. The number of nitrogens with zero attached hydrogens (tertiary/aromatic N) is 5. The van der Waals surface area contributed by atoms with Crippen LogP contribution in [0.4, 0.5) is 5.82 Å². The van der Waals surface area contributed by atoms with E-state index in [1.165, 1.54) is 0 Å². The molecule has 1 aliphatic heterocycles. The number of piperazine rings is 1. The van der Waals surface area contributed by atoms with Crippen molar-refractivity contribution in [2.45, 2.75) is 27.3 Å². The Bertz CT molecular complexity index is 1020. The Kier molecular flexibility index (Phi) is 5.23. The summed E-state index contributed by atoms with van der Waals surface area (Å²) in [6.45, 7) is 10.4. The van der Waals surface area contributed by atoms with Crippen molar-refractivity contribution >= 4 is 17.2 Å². The molecule has 3 aromatic heterocycles. The second kappa shape index (κ2) is 7.81. The first-order valence-corrected chi connectivity index (χ1v) is 10.3. The molecule has 0 bridgehead atoms. The van der Waals surface area contributed by atoms with E-state index in [1.54, 1.807) is 24.5 Å². The Morgan fingerprint density at radius 2 is 1.89 bits per heavy atom. The minimum atomic E-state index is -0.0991. The molecule has 146 valence electrons. The molecule has 0 aliphatic carbocycles. The molecule has 0 radical (unpaired) electrons. The van der Waals surface area contributed by atoms with Crippen LogP contribution < -0.4 is 10.5 Å². The van der Waals surface area contributed by atoms with Crippen LogP contribution in [-0.4, -0.2) is 51.0 Å². The van der Waals surface area contributed by atoms with Gasteiger partial charge in [0.2, 0.25) is 0 Å². The van der Waals surface area contributed by atoms with Gasteiger partial charge < -0.3 is 9.88 Å². The Balaban J connectivity index is 1.40. The van der Waals surface area contributed by atoms with Crippen molar-refractivity contribution in [3.05, 3.63) is 56.0 Å². The van der Waals surface area contributed by atoms with Crippen LogP contribution in [0.5, 0.6) is 0 Å². The fourth-order valence-corrected chi connectivity index (χ4v) is 3.94. The normalized spacial score (nSPS) is 15.2. The van der Waals surface area contributed by atoms with Gasteiger partial charge >= 0.3 is 0 Å². The molecule has 4 rings (SSSR count). The third-order valence-electron chi connectivity index (χ3n) is 5.16. The van der Waals surface area contributed by atoms with Gasteiger partial charge in [-0.3, -0.25) is 9.69 Å². The fourth-order valence-electron chi connectivity index (χ4n) is 3.34. The first-order valence-electron chi connectivity index (χ1n) is 9.42. The molecule has 7 nitrogen and oxygen atoms in total. The van der Waals surface area contributed by atoms with Crippen molar-refractivity contribution < 1.29 is 0 Å². The number of pyridine rings is 1. The Labute approximate surface area is 168 Å². The molecule has 8 heteroatoms. The average Bonchev–Trinajstić information content (AvgIpc) is 3.11. The van der Waals surface area contributed by atoms with Crippen molar-refractivity contribution in [1.29, 1.82) is 0 Å². The molecular formula is C20H24N6OS. The maximum Gasteiger partial charge on any atom is 0.254 e. The van der Waals surface area contributed by atoms with Gasteiger partial charge in [-0.25, -0.2) is 15.0 Å². The molecule has 0 saturated carbocycles.